The van der Waals surface area contributed by atoms with Crippen LogP contribution in [0.1, 0.15) is 16.7 Å². The number of aryl methyl sites for hydroxylation is 1. The summed E-state index contributed by atoms with van der Waals surface area (Å²) in [5, 5.41) is 3.54. The molecule has 104 valence electrons. The summed E-state index contributed by atoms with van der Waals surface area (Å²) >= 11 is 0. The van der Waals surface area contributed by atoms with Crippen LogP contribution in [-0.4, -0.2) is 13.7 Å². The van der Waals surface area contributed by atoms with Gasteiger partial charge in [0.05, 0.1) is 7.11 Å². The second-order valence-electron chi connectivity index (χ2n) is 5.66. The fourth-order valence-corrected chi connectivity index (χ4v) is 2.88. The van der Waals surface area contributed by atoms with Gasteiger partial charge < -0.3 is 10.1 Å². The molecule has 1 unspecified atom stereocenters. The van der Waals surface area contributed by atoms with Gasteiger partial charge in [-0.3, -0.25) is 0 Å². The Morgan fingerprint density at radius 3 is 2.70 bits per heavy atom. The average Bonchev–Trinajstić information content (AvgIpc) is 2.49. The molecule has 1 aliphatic heterocycles. The van der Waals surface area contributed by atoms with Crippen molar-refractivity contribution in [2.75, 3.05) is 19.0 Å². The number of nitrogens with one attached hydrogen (secondary N) is 1. The Kier molecular flexibility index (Phi) is 3.64. The predicted octanol–water partition coefficient (Wildman–Crippen LogP) is 3.83. The lowest BCUT2D eigenvalue weighted by Crippen LogP contribution is -2.24. The minimum absolute atomic E-state index is 0.650. The van der Waals surface area contributed by atoms with Crippen LogP contribution in [0.15, 0.2) is 42.5 Å². The second-order valence-corrected chi connectivity index (χ2v) is 5.66. The summed E-state index contributed by atoms with van der Waals surface area (Å²) < 4.78 is 5.32. The Hall–Kier alpha value is -1.96. The number of rotatable bonds is 3. The van der Waals surface area contributed by atoms with Gasteiger partial charge in [-0.05, 0) is 55.0 Å². The highest BCUT2D eigenvalue weighted by atomic mass is 16.5. The summed E-state index contributed by atoms with van der Waals surface area (Å²) in [6.07, 6.45) is 2.25. The molecule has 1 heterocycles. The maximum atomic E-state index is 5.32. The third-order valence-electron chi connectivity index (χ3n) is 4.05. The van der Waals surface area contributed by atoms with Crippen molar-refractivity contribution in [3.63, 3.8) is 0 Å². The van der Waals surface area contributed by atoms with Gasteiger partial charge in [0.1, 0.15) is 5.75 Å². The van der Waals surface area contributed by atoms with Crippen molar-refractivity contribution in [3.8, 4) is 5.75 Å². The summed E-state index contributed by atoms with van der Waals surface area (Å²) in [4.78, 5) is 0. The predicted molar refractivity (Wildman–Crippen MR) is 83.6 cm³/mol. The Bertz CT molecular complexity index is 589. The molecular formula is C18H21NO. The van der Waals surface area contributed by atoms with Gasteiger partial charge in [0.15, 0.2) is 0 Å². The zero-order valence-electron chi connectivity index (χ0n) is 12.1. The van der Waals surface area contributed by atoms with Crippen molar-refractivity contribution in [2.24, 2.45) is 5.92 Å². The van der Waals surface area contributed by atoms with Crippen LogP contribution in [0, 0.1) is 12.8 Å². The highest BCUT2D eigenvalue weighted by Crippen LogP contribution is 2.29. The normalized spacial score (nSPS) is 17.2. The molecule has 0 radical (unpaired) electrons. The van der Waals surface area contributed by atoms with Crippen LogP contribution in [0.5, 0.6) is 5.75 Å². The van der Waals surface area contributed by atoms with Gasteiger partial charge in [-0.15, -0.1) is 0 Å². The van der Waals surface area contributed by atoms with E-state index in [1.165, 1.54) is 22.4 Å². The fourth-order valence-electron chi connectivity index (χ4n) is 2.88. The van der Waals surface area contributed by atoms with E-state index < -0.39 is 0 Å². The first kappa shape index (κ1) is 13.0. The number of hydrogen-bond donors (Lipinski definition) is 1. The summed E-state index contributed by atoms with van der Waals surface area (Å²) in [5.41, 5.74) is 5.37. The molecule has 0 saturated carbocycles. The molecular weight excluding hydrogens is 246 g/mol. The van der Waals surface area contributed by atoms with Gasteiger partial charge in [-0.25, -0.2) is 0 Å². The average molecular weight is 267 g/mol. The van der Waals surface area contributed by atoms with Crippen molar-refractivity contribution in [1.29, 1.82) is 0 Å². The molecule has 1 aliphatic rings. The van der Waals surface area contributed by atoms with Crippen molar-refractivity contribution in [2.45, 2.75) is 19.8 Å². The Morgan fingerprint density at radius 1 is 1.15 bits per heavy atom. The molecule has 0 fully saturated rings. The molecule has 2 nitrogen and oxygen atoms in total. The number of fused-ring (bicyclic) bond motifs is 1. The van der Waals surface area contributed by atoms with Crippen molar-refractivity contribution in [3.05, 3.63) is 59.2 Å². The van der Waals surface area contributed by atoms with Crippen LogP contribution in [-0.2, 0) is 12.8 Å². The van der Waals surface area contributed by atoms with Gasteiger partial charge in [-0.2, -0.15) is 0 Å². The maximum Gasteiger partial charge on any atom is 0.119 e. The van der Waals surface area contributed by atoms with Crippen LogP contribution in [0.4, 0.5) is 5.69 Å². The third-order valence-corrected chi connectivity index (χ3v) is 4.05. The second kappa shape index (κ2) is 5.58. The molecule has 2 heteroatoms. The van der Waals surface area contributed by atoms with E-state index in [2.05, 4.69) is 48.6 Å². The summed E-state index contributed by atoms with van der Waals surface area (Å²) in [5.74, 6) is 1.60. The quantitative estimate of drug-likeness (QED) is 0.912. The molecule has 1 N–H and O–H groups in total. The number of hydrogen-bond acceptors (Lipinski definition) is 2. The van der Waals surface area contributed by atoms with Gasteiger partial charge in [0, 0.05) is 12.2 Å². The van der Waals surface area contributed by atoms with E-state index in [4.69, 9.17) is 4.74 Å². The van der Waals surface area contributed by atoms with Crippen molar-refractivity contribution < 1.29 is 4.74 Å². The number of methoxy groups -OCH3 is 1. The maximum absolute atomic E-state index is 5.32. The molecule has 0 spiro atoms. The van der Waals surface area contributed by atoms with E-state index in [-0.39, 0.29) is 0 Å². The van der Waals surface area contributed by atoms with Crippen LogP contribution < -0.4 is 10.1 Å². The number of ether oxygens (including phenoxy) is 1. The zero-order valence-corrected chi connectivity index (χ0v) is 12.1. The van der Waals surface area contributed by atoms with Crippen molar-refractivity contribution >= 4 is 5.69 Å². The first-order chi connectivity index (χ1) is 9.74. The molecule has 3 rings (SSSR count). The molecule has 20 heavy (non-hydrogen) atoms. The van der Waals surface area contributed by atoms with Crippen LogP contribution in [0.25, 0.3) is 0 Å². The highest BCUT2D eigenvalue weighted by Gasteiger charge is 2.19. The zero-order chi connectivity index (χ0) is 13.9. The standard InChI is InChI=1S/C18H21NO/c1-13-3-5-14(6-4-13)9-15-10-16-11-17(20-2)7-8-18(16)19-12-15/h3-8,11,15,19H,9-10,12H2,1-2H3. The van der Waals surface area contributed by atoms with Crippen molar-refractivity contribution in [1.82, 2.24) is 0 Å². The minimum atomic E-state index is 0.650. The Labute approximate surface area is 120 Å². The molecule has 0 aliphatic carbocycles. The minimum Gasteiger partial charge on any atom is -0.497 e. The highest BCUT2D eigenvalue weighted by molar-refractivity contribution is 5.56. The van der Waals surface area contributed by atoms with E-state index in [1.807, 2.05) is 6.07 Å². The lowest BCUT2D eigenvalue weighted by atomic mass is 9.88. The molecule has 2 aromatic carbocycles. The first-order valence-electron chi connectivity index (χ1n) is 7.21. The summed E-state index contributed by atoms with van der Waals surface area (Å²) in [6.45, 7) is 3.18. The third kappa shape index (κ3) is 2.79. The Morgan fingerprint density at radius 2 is 1.95 bits per heavy atom. The molecule has 0 saturated heterocycles. The monoisotopic (exact) mass is 267 g/mol. The van der Waals surface area contributed by atoms with E-state index in [1.54, 1.807) is 7.11 Å². The Balaban J connectivity index is 1.73. The topological polar surface area (TPSA) is 21.3 Å². The van der Waals surface area contributed by atoms with E-state index >= 15 is 0 Å². The molecule has 1 atom stereocenters. The molecule has 0 amide bonds. The smallest absolute Gasteiger partial charge is 0.119 e. The van der Waals surface area contributed by atoms with Gasteiger partial charge in [0.25, 0.3) is 0 Å². The fraction of sp³-hybridized carbons (Fsp3) is 0.333. The SMILES string of the molecule is COc1ccc2c(c1)CC(Cc1ccc(C)cc1)CN2. The van der Waals surface area contributed by atoms with E-state index in [9.17, 15) is 0 Å². The molecule has 0 bridgehead atoms. The first-order valence-corrected chi connectivity index (χ1v) is 7.21. The van der Waals surface area contributed by atoms with E-state index in [0.29, 0.717) is 5.92 Å². The number of benzene rings is 2. The lowest BCUT2D eigenvalue weighted by molar-refractivity contribution is 0.413. The van der Waals surface area contributed by atoms with Gasteiger partial charge >= 0.3 is 0 Å². The summed E-state index contributed by atoms with van der Waals surface area (Å²) in [7, 11) is 1.72. The van der Waals surface area contributed by atoms with Crippen LogP contribution in [0.2, 0.25) is 0 Å². The van der Waals surface area contributed by atoms with E-state index in [0.717, 1.165) is 25.1 Å². The van der Waals surface area contributed by atoms with Gasteiger partial charge in [-0.1, -0.05) is 29.8 Å². The van der Waals surface area contributed by atoms with Crippen LogP contribution in [0.3, 0.4) is 0 Å². The largest absolute Gasteiger partial charge is 0.497 e. The number of anilines is 1. The molecule has 0 aromatic heterocycles. The lowest BCUT2D eigenvalue weighted by Gasteiger charge is -2.26. The molecule has 2 aromatic rings. The van der Waals surface area contributed by atoms with Gasteiger partial charge in [0.2, 0.25) is 0 Å². The van der Waals surface area contributed by atoms with Crippen LogP contribution >= 0.6 is 0 Å². The summed E-state index contributed by atoms with van der Waals surface area (Å²) in [6, 6.07) is 15.2.